The minimum Gasteiger partial charge on any atom is -0.507 e. The summed E-state index contributed by atoms with van der Waals surface area (Å²) in [5.74, 6) is -1.44. The molecule has 0 radical (unpaired) electrons. The predicted octanol–water partition coefficient (Wildman–Crippen LogP) is 4.02. The van der Waals surface area contributed by atoms with Gasteiger partial charge in [0, 0.05) is 16.7 Å². The van der Waals surface area contributed by atoms with E-state index in [4.69, 9.17) is 16.7 Å². The Labute approximate surface area is 122 Å². The number of rotatable bonds is 2. The van der Waals surface area contributed by atoms with Crippen LogP contribution in [0.25, 0.3) is 20.8 Å². The monoisotopic (exact) mass is 305 g/mol. The second-order valence-electron chi connectivity index (χ2n) is 4.17. The minimum atomic E-state index is -1.18. The average Bonchev–Trinajstić information content (AvgIpc) is 2.80. The van der Waals surface area contributed by atoms with Crippen molar-refractivity contribution in [2.24, 2.45) is 0 Å². The second-order valence-corrected chi connectivity index (χ2v) is 5.64. The van der Waals surface area contributed by atoms with Crippen LogP contribution in [0, 0.1) is 0 Å². The van der Waals surface area contributed by atoms with E-state index in [1.54, 1.807) is 12.1 Å². The Morgan fingerprint density at radius 2 is 2.05 bits per heavy atom. The number of nitrogens with zero attached hydrogens (tertiary/aromatic N) is 1. The van der Waals surface area contributed by atoms with Crippen molar-refractivity contribution in [2.75, 3.05) is 0 Å². The molecule has 1 aromatic heterocycles. The van der Waals surface area contributed by atoms with E-state index in [1.807, 2.05) is 12.1 Å². The van der Waals surface area contributed by atoms with Gasteiger partial charge >= 0.3 is 5.97 Å². The molecule has 0 amide bonds. The third kappa shape index (κ3) is 2.21. The lowest BCUT2D eigenvalue weighted by Crippen LogP contribution is -1.96. The van der Waals surface area contributed by atoms with Crippen LogP contribution in [0.3, 0.4) is 0 Å². The van der Waals surface area contributed by atoms with E-state index >= 15 is 0 Å². The molecule has 0 unspecified atom stereocenters. The van der Waals surface area contributed by atoms with Gasteiger partial charge in [-0.1, -0.05) is 23.7 Å². The number of hydrogen-bond acceptors (Lipinski definition) is 4. The number of carboxylic acid groups (broad SMARTS) is 1. The van der Waals surface area contributed by atoms with Crippen LogP contribution in [0.1, 0.15) is 10.4 Å². The van der Waals surface area contributed by atoms with Crippen LogP contribution in [-0.2, 0) is 0 Å². The van der Waals surface area contributed by atoms with Crippen molar-refractivity contribution >= 4 is 39.1 Å². The summed E-state index contributed by atoms with van der Waals surface area (Å²) in [6, 6.07) is 10.1. The van der Waals surface area contributed by atoms with Crippen LogP contribution >= 0.6 is 22.9 Å². The third-order valence-electron chi connectivity index (χ3n) is 2.81. The summed E-state index contributed by atoms with van der Waals surface area (Å²) in [6.07, 6.45) is 0. The molecule has 0 atom stereocenters. The Kier molecular flexibility index (Phi) is 3.08. The number of benzene rings is 2. The quantitative estimate of drug-likeness (QED) is 0.750. The smallest absolute Gasteiger partial charge is 0.339 e. The van der Waals surface area contributed by atoms with Gasteiger partial charge in [-0.05, 0) is 18.2 Å². The molecule has 3 aromatic rings. The molecule has 3 rings (SSSR count). The highest BCUT2D eigenvalue weighted by atomic mass is 35.5. The molecule has 6 heteroatoms. The van der Waals surface area contributed by atoms with Crippen LogP contribution in [0.2, 0.25) is 5.02 Å². The van der Waals surface area contributed by atoms with Gasteiger partial charge in [0.1, 0.15) is 16.3 Å². The molecule has 4 nitrogen and oxygen atoms in total. The molecule has 1 heterocycles. The lowest BCUT2D eigenvalue weighted by Gasteiger charge is -1.97. The van der Waals surface area contributed by atoms with Gasteiger partial charge in [0.15, 0.2) is 0 Å². The molecule has 0 saturated carbocycles. The van der Waals surface area contributed by atoms with Crippen molar-refractivity contribution in [2.45, 2.75) is 0 Å². The summed E-state index contributed by atoms with van der Waals surface area (Å²) in [6.45, 7) is 0. The van der Waals surface area contributed by atoms with E-state index in [2.05, 4.69) is 4.98 Å². The summed E-state index contributed by atoms with van der Waals surface area (Å²) in [7, 11) is 0. The Morgan fingerprint density at radius 3 is 2.75 bits per heavy atom. The van der Waals surface area contributed by atoms with Gasteiger partial charge in [-0.15, -0.1) is 11.3 Å². The van der Waals surface area contributed by atoms with Crippen LogP contribution in [0.5, 0.6) is 5.75 Å². The number of thiazole rings is 1. The van der Waals surface area contributed by atoms with Crippen LogP contribution < -0.4 is 0 Å². The van der Waals surface area contributed by atoms with E-state index in [0.717, 1.165) is 15.3 Å². The van der Waals surface area contributed by atoms with Crippen LogP contribution in [-0.4, -0.2) is 21.2 Å². The largest absolute Gasteiger partial charge is 0.507 e. The maximum Gasteiger partial charge on any atom is 0.339 e. The Hall–Kier alpha value is -2.11. The zero-order valence-electron chi connectivity index (χ0n) is 10.0. The Morgan fingerprint density at radius 1 is 1.25 bits per heavy atom. The van der Waals surface area contributed by atoms with Gasteiger partial charge in [-0.3, -0.25) is 0 Å². The molecule has 0 saturated heterocycles. The molecule has 0 aliphatic heterocycles. The second kappa shape index (κ2) is 4.77. The normalized spacial score (nSPS) is 10.8. The highest BCUT2D eigenvalue weighted by Gasteiger charge is 2.14. The van der Waals surface area contributed by atoms with Gasteiger partial charge in [-0.25, -0.2) is 9.78 Å². The van der Waals surface area contributed by atoms with E-state index in [-0.39, 0.29) is 11.3 Å². The number of aromatic nitrogens is 1. The first-order chi connectivity index (χ1) is 9.54. The van der Waals surface area contributed by atoms with Crippen molar-refractivity contribution in [3.63, 3.8) is 0 Å². The minimum absolute atomic E-state index is 0.152. The maximum atomic E-state index is 11.0. The fraction of sp³-hybridized carbons (Fsp3) is 0. The molecule has 0 aliphatic carbocycles. The van der Waals surface area contributed by atoms with Crippen molar-refractivity contribution < 1.29 is 15.0 Å². The highest BCUT2D eigenvalue weighted by molar-refractivity contribution is 7.21. The molecule has 0 aliphatic rings. The van der Waals surface area contributed by atoms with E-state index in [0.29, 0.717) is 10.5 Å². The zero-order chi connectivity index (χ0) is 14.3. The highest BCUT2D eigenvalue weighted by Crippen LogP contribution is 2.34. The standard InChI is InChI=1S/C14H8ClNO3S/c15-8-3-1-2-7(4-8)13-16-10-5-9(14(18)19)11(17)6-12(10)20-13/h1-6,17H,(H,18,19). The van der Waals surface area contributed by atoms with E-state index in [1.165, 1.54) is 23.5 Å². The molecule has 0 bridgehead atoms. The van der Waals surface area contributed by atoms with Crippen molar-refractivity contribution in [1.82, 2.24) is 4.98 Å². The van der Waals surface area contributed by atoms with Gasteiger partial charge in [0.05, 0.1) is 10.2 Å². The van der Waals surface area contributed by atoms with Gasteiger partial charge in [-0.2, -0.15) is 0 Å². The van der Waals surface area contributed by atoms with Gasteiger partial charge < -0.3 is 10.2 Å². The lowest BCUT2D eigenvalue weighted by atomic mass is 10.2. The number of fused-ring (bicyclic) bond motifs is 1. The predicted molar refractivity (Wildman–Crippen MR) is 78.7 cm³/mol. The number of carbonyl (C=O) groups is 1. The summed E-state index contributed by atoms with van der Waals surface area (Å²) in [5, 5.41) is 20.0. The van der Waals surface area contributed by atoms with Crippen LogP contribution in [0.15, 0.2) is 36.4 Å². The molecule has 2 N–H and O–H groups in total. The topological polar surface area (TPSA) is 70.4 Å². The maximum absolute atomic E-state index is 11.0. The first-order valence-corrected chi connectivity index (χ1v) is 6.87. The van der Waals surface area contributed by atoms with E-state index < -0.39 is 5.97 Å². The summed E-state index contributed by atoms with van der Waals surface area (Å²) >= 11 is 7.32. The molecule has 2 aromatic carbocycles. The molecular weight excluding hydrogens is 298 g/mol. The summed E-state index contributed by atoms with van der Waals surface area (Å²) in [4.78, 5) is 15.4. The molecule has 0 fully saturated rings. The molecule has 20 heavy (non-hydrogen) atoms. The first kappa shape index (κ1) is 12.9. The number of halogens is 1. The fourth-order valence-electron chi connectivity index (χ4n) is 1.88. The number of aromatic carboxylic acids is 1. The Balaban J connectivity index is 2.18. The molecule has 100 valence electrons. The van der Waals surface area contributed by atoms with Crippen molar-refractivity contribution in [3.8, 4) is 16.3 Å². The van der Waals surface area contributed by atoms with Crippen molar-refractivity contribution in [1.29, 1.82) is 0 Å². The Bertz CT molecular complexity index is 828. The first-order valence-electron chi connectivity index (χ1n) is 5.67. The van der Waals surface area contributed by atoms with Crippen molar-refractivity contribution in [3.05, 3.63) is 47.0 Å². The third-order valence-corrected chi connectivity index (χ3v) is 4.11. The lowest BCUT2D eigenvalue weighted by molar-refractivity contribution is 0.0694. The fourth-order valence-corrected chi connectivity index (χ4v) is 3.05. The van der Waals surface area contributed by atoms with Gasteiger partial charge in [0.25, 0.3) is 0 Å². The van der Waals surface area contributed by atoms with Crippen LogP contribution in [0.4, 0.5) is 0 Å². The molecule has 0 spiro atoms. The number of carboxylic acids is 1. The van der Waals surface area contributed by atoms with Gasteiger partial charge in [0.2, 0.25) is 0 Å². The number of hydrogen-bond donors (Lipinski definition) is 2. The van der Waals surface area contributed by atoms with E-state index in [9.17, 15) is 9.90 Å². The zero-order valence-corrected chi connectivity index (χ0v) is 11.6. The summed E-state index contributed by atoms with van der Waals surface area (Å²) in [5.41, 5.74) is 1.25. The molecular formula is C14H8ClNO3S. The number of phenols is 1. The summed E-state index contributed by atoms with van der Waals surface area (Å²) < 4.78 is 0.725. The SMILES string of the molecule is O=C(O)c1cc2nc(-c3cccc(Cl)c3)sc2cc1O. The average molecular weight is 306 g/mol. The number of aromatic hydroxyl groups is 1.